The van der Waals surface area contributed by atoms with Gasteiger partial charge in [-0.3, -0.25) is 0 Å². The summed E-state index contributed by atoms with van der Waals surface area (Å²) in [4.78, 5) is 0. The van der Waals surface area contributed by atoms with E-state index in [9.17, 15) is 8.42 Å². The Labute approximate surface area is 128 Å². The minimum absolute atomic E-state index is 0.0505. The van der Waals surface area contributed by atoms with Crippen LogP contribution >= 0.6 is 11.6 Å². The Balaban J connectivity index is 2.77. The number of aryl methyl sites for hydroxylation is 1. The lowest BCUT2D eigenvalue weighted by Gasteiger charge is -2.29. The van der Waals surface area contributed by atoms with Crippen LogP contribution in [0, 0.1) is 0 Å². The third kappa shape index (κ3) is 5.08. The summed E-state index contributed by atoms with van der Waals surface area (Å²) in [6, 6.07) is 9.76. The van der Waals surface area contributed by atoms with E-state index in [0.29, 0.717) is 18.8 Å². The van der Waals surface area contributed by atoms with Crippen LogP contribution in [0.4, 0.5) is 0 Å². The molecule has 0 heterocycles. The van der Waals surface area contributed by atoms with E-state index in [4.69, 9.17) is 11.6 Å². The number of sulfonamides is 1. The first-order valence-corrected chi connectivity index (χ1v) is 9.28. The van der Waals surface area contributed by atoms with Crippen molar-refractivity contribution in [2.75, 3.05) is 18.2 Å². The van der Waals surface area contributed by atoms with Crippen LogP contribution in [0.5, 0.6) is 0 Å². The van der Waals surface area contributed by atoms with Crippen LogP contribution in [0.3, 0.4) is 0 Å². The van der Waals surface area contributed by atoms with Crippen LogP contribution in [-0.2, 0) is 16.4 Å². The average Bonchev–Trinajstić information content (AvgIpc) is 2.46. The van der Waals surface area contributed by atoms with Crippen LogP contribution < -0.4 is 0 Å². The fourth-order valence-electron chi connectivity index (χ4n) is 2.34. The van der Waals surface area contributed by atoms with E-state index in [0.717, 1.165) is 18.4 Å². The lowest BCUT2D eigenvalue weighted by atomic mass is 10.2. The van der Waals surface area contributed by atoms with E-state index in [1.807, 2.05) is 44.2 Å². The number of halogens is 1. The number of rotatable bonds is 9. The number of alkyl halides is 1. The van der Waals surface area contributed by atoms with Gasteiger partial charge in [-0.25, -0.2) is 8.42 Å². The van der Waals surface area contributed by atoms with Gasteiger partial charge in [0.1, 0.15) is 0 Å². The summed E-state index contributed by atoms with van der Waals surface area (Å²) >= 11 is 5.77. The van der Waals surface area contributed by atoms with Gasteiger partial charge < -0.3 is 0 Å². The van der Waals surface area contributed by atoms with E-state index in [1.54, 1.807) is 4.31 Å². The molecule has 0 aromatic heterocycles. The molecule has 1 aromatic rings. The van der Waals surface area contributed by atoms with Crippen molar-refractivity contribution in [2.45, 2.75) is 39.2 Å². The summed E-state index contributed by atoms with van der Waals surface area (Å²) < 4.78 is 26.6. The molecule has 0 aliphatic carbocycles. The molecule has 0 spiro atoms. The highest BCUT2D eigenvalue weighted by Crippen LogP contribution is 2.15. The molecule has 0 saturated carbocycles. The average molecular weight is 318 g/mol. The Hall–Kier alpha value is -0.580. The van der Waals surface area contributed by atoms with Crippen molar-refractivity contribution in [1.82, 2.24) is 4.31 Å². The molecule has 0 saturated heterocycles. The van der Waals surface area contributed by atoms with Gasteiger partial charge in [0.25, 0.3) is 0 Å². The molecular weight excluding hydrogens is 294 g/mol. The van der Waals surface area contributed by atoms with E-state index in [-0.39, 0.29) is 11.8 Å². The molecule has 3 nitrogen and oxygen atoms in total. The topological polar surface area (TPSA) is 37.4 Å². The third-order valence-corrected chi connectivity index (χ3v) is 5.59. The lowest BCUT2D eigenvalue weighted by Crippen LogP contribution is -2.42. The Morgan fingerprint density at radius 1 is 1.15 bits per heavy atom. The molecule has 114 valence electrons. The predicted octanol–water partition coefficient (Wildman–Crippen LogP) is 3.29. The standard InChI is InChI=1S/C15H24ClNO2S/c1-3-15(4-2)17(12-11-16)20(18,19)13-10-14-8-6-5-7-9-14/h5-9,15H,3-4,10-13H2,1-2H3. The van der Waals surface area contributed by atoms with Gasteiger partial charge in [0.05, 0.1) is 5.75 Å². The van der Waals surface area contributed by atoms with Crippen LogP contribution in [0.15, 0.2) is 30.3 Å². The smallest absolute Gasteiger partial charge is 0.212 e. The zero-order valence-corrected chi connectivity index (χ0v) is 13.8. The van der Waals surface area contributed by atoms with Gasteiger partial charge >= 0.3 is 0 Å². The highest BCUT2D eigenvalue weighted by Gasteiger charge is 2.27. The maximum absolute atomic E-state index is 12.5. The Kier molecular flexibility index (Phi) is 7.56. The fourth-order valence-corrected chi connectivity index (χ4v) is 4.47. The van der Waals surface area contributed by atoms with Crippen molar-refractivity contribution in [1.29, 1.82) is 0 Å². The van der Waals surface area contributed by atoms with Crippen LogP contribution in [0.2, 0.25) is 0 Å². The SMILES string of the molecule is CCC(CC)N(CCCl)S(=O)(=O)CCc1ccccc1. The molecule has 0 amide bonds. The van der Waals surface area contributed by atoms with Crippen molar-refractivity contribution < 1.29 is 8.42 Å². The quantitative estimate of drug-likeness (QED) is 0.655. The maximum atomic E-state index is 12.5. The molecular formula is C15H24ClNO2S. The predicted molar refractivity (Wildman–Crippen MR) is 85.7 cm³/mol. The molecule has 20 heavy (non-hydrogen) atoms. The van der Waals surface area contributed by atoms with Gasteiger partial charge in [0, 0.05) is 18.5 Å². The van der Waals surface area contributed by atoms with Crippen molar-refractivity contribution in [3.63, 3.8) is 0 Å². The molecule has 1 rings (SSSR count). The second-order valence-electron chi connectivity index (χ2n) is 4.82. The largest absolute Gasteiger partial charge is 0.214 e. The Bertz CT molecular complexity index is 472. The van der Waals surface area contributed by atoms with E-state index < -0.39 is 10.0 Å². The molecule has 1 aromatic carbocycles. The molecule has 0 aliphatic rings. The Morgan fingerprint density at radius 2 is 1.75 bits per heavy atom. The van der Waals surface area contributed by atoms with Crippen molar-refractivity contribution in [3.05, 3.63) is 35.9 Å². The molecule has 0 bridgehead atoms. The van der Waals surface area contributed by atoms with Crippen LogP contribution in [-0.4, -0.2) is 36.9 Å². The summed E-state index contributed by atoms with van der Waals surface area (Å²) in [5.74, 6) is 0.478. The molecule has 5 heteroatoms. The van der Waals surface area contributed by atoms with E-state index in [1.165, 1.54) is 0 Å². The monoisotopic (exact) mass is 317 g/mol. The highest BCUT2D eigenvalue weighted by molar-refractivity contribution is 7.89. The van der Waals surface area contributed by atoms with Crippen molar-refractivity contribution in [2.24, 2.45) is 0 Å². The summed E-state index contributed by atoms with van der Waals surface area (Å²) in [6.07, 6.45) is 2.18. The molecule has 0 radical (unpaired) electrons. The van der Waals surface area contributed by atoms with Crippen molar-refractivity contribution in [3.8, 4) is 0 Å². The lowest BCUT2D eigenvalue weighted by molar-refractivity contribution is 0.316. The molecule has 0 fully saturated rings. The second kappa shape index (κ2) is 8.65. The molecule has 0 atom stereocenters. The number of hydrogen-bond donors (Lipinski definition) is 0. The normalized spacial score (nSPS) is 12.2. The summed E-state index contributed by atoms with van der Waals surface area (Å²) in [5, 5.41) is 0. The number of benzene rings is 1. The van der Waals surface area contributed by atoms with Gasteiger partial charge in [0.15, 0.2) is 0 Å². The third-order valence-electron chi connectivity index (χ3n) is 3.50. The zero-order chi connectivity index (χ0) is 15.0. The molecule has 0 aliphatic heterocycles. The first-order valence-electron chi connectivity index (χ1n) is 7.14. The minimum Gasteiger partial charge on any atom is -0.212 e. The molecule has 0 unspecified atom stereocenters. The van der Waals surface area contributed by atoms with Gasteiger partial charge in [-0.05, 0) is 24.8 Å². The first kappa shape index (κ1) is 17.5. The van der Waals surface area contributed by atoms with E-state index in [2.05, 4.69) is 0 Å². The minimum atomic E-state index is -3.26. The second-order valence-corrected chi connectivity index (χ2v) is 7.24. The molecule has 0 N–H and O–H groups in total. The van der Waals surface area contributed by atoms with Crippen LogP contribution in [0.1, 0.15) is 32.3 Å². The Morgan fingerprint density at radius 3 is 2.25 bits per heavy atom. The van der Waals surface area contributed by atoms with E-state index >= 15 is 0 Å². The zero-order valence-electron chi connectivity index (χ0n) is 12.3. The van der Waals surface area contributed by atoms with Crippen LogP contribution in [0.25, 0.3) is 0 Å². The fraction of sp³-hybridized carbons (Fsp3) is 0.600. The van der Waals surface area contributed by atoms with Gasteiger partial charge in [-0.15, -0.1) is 11.6 Å². The number of hydrogen-bond acceptors (Lipinski definition) is 2. The van der Waals surface area contributed by atoms with Gasteiger partial charge in [-0.1, -0.05) is 44.2 Å². The number of nitrogens with zero attached hydrogens (tertiary/aromatic N) is 1. The summed E-state index contributed by atoms with van der Waals surface area (Å²) in [5.41, 5.74) is 1.05. The van der Waals surface area contributed by atoms with Crippen molar-refractivity contribution >= 4 is 21.6 Å². The van der Waals surface area contributed by atoms with Gasteiger partial charge in [-0.2, -0.15) is 4.31 Å². The maximum Gasteiger partial charge on any atom is 0.214 e. The highest BCUT2D eigenvalue weighted by atomic mass is 35.5. The first-order chi connectivity index (χ1) is 9.55. The summed E-state index contributed by atoms with van der Waals surface area (Å²) in [7, 11) is -3.26. The van der Waals surface area contributed by atoms with Gasteiger partial charge in [0.2, 0.25) is 10.0 Å². The summed E-state index contributed by atoms with van der Waals surface area (Å²) in [6.45, 7) is 4.43.